The monoisotopic (exact) mass is 245 g/mol. The Kier molecular flexibility index (Phi) is 3.29. The maximum Gasteiger partial charge on any atom is 0.119 e. The number of nitrogens with two attached hydrogens (primary N) is 1. The Morgan fingerprint density at radius 2 is 2.00 bits per heavy atom. The minimum absolute atomic E-state index is 0.101. The van der Waals surface area contributed by atoms with E-state index in [4.69, 9.17) is 10.5 Å². The molecule has 2 saturated carbocycles. The average Bonchev–Trinajstić information content (AvgIpc) is 2.99. The third kappa shape index (κ3) is 2.39. The van der Waals surface area contributed by atoms with Gasteiger partial charge in [0.1, 0.15) is 5.75 Å². The molecule has 0 radical (unpaired) electrons. The summed E-state index contributed by atoms with van der Waals surface area (Å²) in [4.78, 5) is 0. The van der Waals surface area contributed by atoms with Crippen molar-refractivity contribution in [3.05, 3.63) is 29.8 Å². The van der Waals surface area contributed by atoms with E-state index in [-0.39, 0.29) is 6.04 Å². The van der Waals surface area contributed by atoms with E-state index in [1.807, 2.05) is 19.1 Å². The first-order valence-corrected chi connectivity index (χ1v) is 7.20. The molecule has 1 aromatic rings. The number of hydrogen-bond donors (Lipinski definition) is 1. The number of hydrogen-bond acceptors (Lipinski definition) is 2. The number of rotatable bonds is 4. The van der Waals surface area contributed by atoms with E-state index in [0.29, 0.717) is 0 Å². The van der Waals surface area contributed by atoms with Crippen molar-refractivity contribution in [1.29, 1.82) is 0 Å². The van der Waals surface area contributed by atoms with Gasteiger partial charge in [0.05, 0.1) is 6.61 Å². The van der Waals surface area contributed by atoms with Crippen molar-refractivity contribution in [2.75, 3.05) is 6.61 Å². The molecule has 2 fully saturated rings. The fourth-order valence-electron chi connectivity index (χ4n) is 3.65. The lowest BCUT2D eigenvalue weighted by atomic mass is 9.89. The zero-order chi connectivity index (χ0) is 12.5. The molecule has 98 valence electrons. The third-order valence-electron chi connectivity index (χ3n) is 4.75. The van der Waals surface area contributed by atoms with Crippen LogP contribution < -0.4 is 10.5 Å². The van der Waals surface area contributed by atoms with Crippen LogP contribution in [0.15, 0.2) is 24.3 Å². The second-order valence-electron chi connectivity index (χ2n) is 6.10. The highest BCUT2D eigenvalue weighted by Gasteiger charge is 2.39. The second-order valence-corrected chi connectivity index (χ2v) is 6.10. The van der Waals surface area contributed by atoms with Crippen molar-refractivity contribution in [3.8, 4) is 5.75 Å². The lowest BCUT2D eigenvalue weighted by Crippen LogP contribution is -2.18. The molecule has 2 bridgehead atoms. The molecule has 2 heteroatoms. The Bertz CT molecular complexity index is 398. The molecule has 0 saturated heterocycles. The van der Waals surface area contributed by atoms with Crippen LogP contribution in [-0.4, -0.2) is 6.61 Å². The van der Waals surface area contributed by atoms with Gasteiger partial charge in [-0.1, -0.05) is 18.6 Å². The van der Waals surface area contributed by atoms with Gasteiger partial charge < -0.3 is 10.5 Å². The van der Waals surface area contributed by atoms with Crippen LogP contribution in [0.5, 0.6) is 5.75 Å². The van der Waals surface area contributed by atoms with Crippen LogP contribution in [0, 0.1) is 17.8 Å². The van der Waals surface area contributed by atoms with Crippen LogP contribution in [0.25, 0.3) is 0 Å². The summed E-state index contributed by atoms with van der Waals surface area (Å²) in [6, 6.07) is 8.34. The first-order chi connectivity index (χ1) is 8.72. The summed E-state index contributed by atoms with van der Waals surface area (Å²) in [7, 11) is 0. The molecule has 2 N–H and O–H groups in total. The summed E-state index contributed by atoms with van der Waals surface area (Å²) in [6.07, 6.45) is 5.74. The highest BCUT2D eigenvalue weighted by molar-refractivity contribution is 5.28. The zero-order valence-electron chi connectivity index (χ0n) is 11.1. The molecule has 4 unspecified atom stereocenters. The molecule has 1 aromatic carbocycles. The molecule has 2 aliphatic rings. The molecule has 0 aromatic heterocycles. The van der Waals surface area contributed by atoms with Gasteiger partial charge in [-0.25, -0.2) is 0 Å². The summed E-state index contributed by atoms with van der Waals surface area (Å²) >= 11 is 0. The van der Waals surface area contributed by atoms with E-state index in [9.17, 15) is 0 Å². The second kappa shape index (κ2) is 4.93. The predicted molar refractivity (Wildman–Crippen MR) is 73.5 cm³/mol. The molecule has 0 amide bonds. The summed E-state index contributed by atoms with van der Waals surface area (Å²) in [6.45, 7) is 2.91. The molecule has 2 nitrogen and oxygen atoms in total. The summed E-state index contributed by atoms with van der Waals surface area (Å²) in [5.74, 6) is 3.74. The Morgan fingerprint density at radius 1 is 1.22 bits per heavy atom. The summed E-state index contributed by atoms with van der Waals surface area (Å²) in [5.41, 5.74) is 7.01. The van der Waals surface area contributed by atoms with Crippen LogP contribution in [0.3, 0.4) is 0 Å². The number of ether oxygens (including phenoxy) is 1. The van der Waals surface area contributed by atoms with Gasteiger partial charge in [0.25, 0.3) is 0 Å². The smallest absolute Gasteiger partial charge is 0.119 e. The molecular weight excluding hydrogens is 222 g/mol. The molecule has 4 atom stereocenters. The van der Waals surface area contributed by atoms with Gasteiger partial charge in [-0.15, -0.1) is 0 Å². The van der Waals surface area contributed by atoms with Gasteiger partial charge in [-0.05, 0) is 61.6 Å². The standard InChI is InChI=1S/C16H23NO/c1-11(17)13-4-6-16(7-5-13)18-10-15-9-12-2-3-14(15)8-12/h4-7,11-12,14-15H,2-3,8-10,17H2,1H3. The number of fused-ring (bicyclic) bond motifs is 2. The van der Waals surface area contributed by atoms with E-state index in [1.54, 1.807) is 0 Å². The Labute approximate surface area is 110 Å². The summed E-state index contributed by atoms with van der Waals surface area (Å²) in [5, 5.41) is 0. The van der Waals surface area contributed by atoms with E-state index in [0.717, 1.165) is 30.1 Å². The van der Waals surface area contributed by atoms with E-state index in [1.165, 1.54) is 31.2 Å². The van der Waals surface area contributed by atoms with Crippen molar-refractivity contribution in [1.82, 2.24) is 0 Å². The molecule has 2 aliphatic carbocycles. The number of benzene rings is 1. The Balaban J connectivity index is 1.54. The summed E-state index contributed by atoms with van der Waals surface area (Å²) < 4.78 is 5.94. The van der Waals surface area contributed by atoms with Crippen LogP contribution >= 0.6 is 0 Å². The van der Waals surface area contributed by atoms with Crippen LogP contribution in [-0.2, 0) is 0 Å². The van der Waals surface area contributed by atoms with Gasteiger partial charge >= 0.3 is 0 Å². The largest absolute Gasteiger partial charge is 0.493 e. The molecule has 0 aliphatic heterocycles. The lowest BCUT2D eigenvalue weighted by molar-refractivity contribution is 0.195. The highest BCUT2D eigenvalue weighted by Crippen LogP contribution is 2.48. The zero-order valence-corrected chi connectivity index (χ0v) is 11.1. The topological polar surface area (TPSA) is 35.2 Å². The quantitative estimate of drug-likeness (QED) is 0.881. The van der Waals surface area contributed by atoms with E-state index < -0.39 is 0 Å². The third-order valence-corrected chi connectivity index (χ3v) is 4.75. The van der Waals surface area contributed by atoms with E-state index in [2.05, 4.69) is 12.1 Å². The van der Waals surface area contributed by atoms with Crippen molar-refractivity contribution in [2.45, 2.75) is 38.6 Å². The molecule has 0 heterocycles. The van der Waals surface area contributed by atoms with Crippen molar-refractivity contribution >= 4 is 0 Å². The van der Waals surface area contributed by atoms with Gasteiger partial charge in [0, 0.05) is 6.04 Å². The lowest BCUT2D eigenvalue weighted by Gasteiger charge is -2.21. The van der Waals surface area contributed by atoms with Crippen molar-refractivity contribution < 1.29 is 4.74 Å². The molecular formula is C16H23NO. The SMILES string of the molecule is CC(N)c1ccc(OCC2CC3CCC2C3)cc1. The average molecular weight is 245 g/mol. The molecule has 0 spiro atoms. The Morgan fingerprint density at radius 3 is 2.56 bits per heavy atom. The van der Waals surface area contributed by atoms with Gasteiger partial charge in [0.2, 0.25) is 0 Å². The minimum atomic E-state index is 0.101. The van der Waals surface area contributed by atoms with Crippen LogP contribution in [0.4, 0.5) is 0 Å². The fraction of sp³-hybridized carbons (Fsp3) is 0.625. The minimum Gasteiger partial charge on any atom is -0.493 e. The van der Waals surface area contributed by atoms with Crippen molar-refractivity contribution in [2.24, 2.45) is 23.5 Å². The van der Waals surface area contributed by atoms with Gasteiger partial charge in [-0.3, -0.25) is 0 Å². The first-order valence-electron chi connectivity index (χ1n) is 7.20. The predicted octanol–water partition coefficient (Wildman–Crippen LogP) is 3.52. The molecule has 18 heavy (non-hydrogen) atoms. The first kappa shape index (κ1) is 12.0. The van der Waals surface area contributed by atoms with E-state index >= 15 is 0 Å². The van der Waals surface area contributed by atoms with Gasteiger partial charge in [-0.2, -0.15) is 0 Å². The van der Waals surface area contributed by atoms with Crippen molar-refractivity contribution in [3.63, 3.8) is 0 Å². The highest BCUT2D eigenvalue weighted by atomic mass is 16.5. The fourth-order valence-corrected chi connectivity index (χ4v) is 3.65. The van der Waals surface area contributed by atoms with Crippen LogP contribution in [0.2, 0.25) is 0 Å². The molecule has 3 rings (SSSR count). The van der Waals surface area contributed by atoms with Crippen LogP contribution in [0.1, 0.15) is 44.2 Å². The normalized spacial score (nSPS) is 31.6. The Hall–Kier alpha value is -1.02. The maximum atomic E-state index is 5.94. The van der Waals surface area contributed by atoms with Gasteiger partial charge in [0.15, 0.2) is 0 Å². The maximum absolute atomic E-state index is 5.94.